The van der Waals surface area contributed by atoms with E-state index in [0.29, 0.717) is 0 Å². The lowest BCUT2D eigenvalue weighted by atomic mass is 10.2. The molecule has 0 aliphatic rings. The van der Waals surface area contributed by atoms with Gasteiger partial charge in [-0.3, -0.25) is 14.4 Å². The lowest BCUT2D eigenvalue weighted by Gasteiger charge is -2.09. The van der Waals surface area contributed by atoms with Crippen LogP contribution >= 0.6 is 0 Å². The molecule has 0 aliphatic carbocycles. The molecule has 0 radical (unpaired) electrons. The van der Waals surface area contributed by atoms with Crippen LogP contribution in [0.5, 0.6) is 0 Å². The molecule has 1 aromatic carbocycles. The first-order chi connectivity index (χ1) is 9.90. The Bertz CT molecular complexity index is 531. The Morgan fingerprint density at radius 2 is 1.90 bits per heavy atom. The predicted molar refractivity (Wildman–Crippen MR) is 73.0 cm³/mol. The monoisotopic (exact) mass is 296 g/mol. The van der Waals surface area contributed by atoms with Crippen LogP contribution in [0.4, 0.5) is 4.39 Å². The molecule has 7 heteroatoms. The Labute approximate surface area is 121 Å². The third-order valence-corrected chi connectivity index (χ3v) is 2.33. The van der Waals surface area contributed by atoms with Crippen molar-refractivity contribution < 1.29 is 23.5 Å². The molecule has 0 fully saturated rings. The van der Waals surface area contributed by atoms with E-state index in [9.17, 15) is 18.8 Å². The summed E-state index contributed by atoms with van der Waals surface area (Å²) in [4.78, 5) is 34.2. The van der Waals surface area contributed by atoms with E-state index in [1.807, 2.05) is 0 Å². The maximum atomic E-state index is 13.3. The molecule has 0 bridgehead atoms. The number of carbonyl (C=O) groups excluding carboxylic acids is 3. The average Bonchev–Trinajstić information content (AvgIpc) is 2.42. The number of benzene rings is 1. The van der Waals surface area contributed by atoms with Gasteiger partial charge in [0.15, 0.2) is 6.61 Å². The van der Waals surface area contributed by atoms with E-state index in [1.54, 1.807) is 13.8 Å². The number of rotatable bonds is 6. The minimum Gasteiger partial charge on any atom is -0.454 e. The second-order valence-corrected chi connectivity index (χ2v) is 4.55. The Hall–Kier alpha value is -2.44. The minimum absolute atomic E-state index is 0.0584. The van der Waals surface area contributed by atoms with Crippen molar-refractivity contribution in [3.05, 3.63) is 35.6 Å². The summed E-state index contributed by atoms with van der Waals surface area (Å²) in [6.07, 6.45) is 0. The molecule has 21 heavy (non-hydrogen) atoms. The second-order valence-electron chi connectivity index (χ2n) is 4.55. The van der Waals surface area contributed by atoms with Crippen LogP contribution in [0.15, 0.2) is 24.3 Å². The maximum absolute atomic E-state index is 13.3. The van der Waals surface area contributed by atoms with Gasteiger partial charge in [0, 0.05) is 6.04 Å². The molecule has 0 saturated heterocycles. The molecule has 1 aromatic rings. The van der Waals surface area contributed by atoms with Crippen molar-refractivity contribution in [2.24, 2.45) is 0 Å². The normalized spacial score (nSPS) is 10.1. The molecule has 114 valence electrons. The van der Waals surface area contributed by atoms with Crippen molar-refractivity contribution in [1.82, 2.24) is 10.6 Å². The van der Waals surface area contributed by atoms with E-state index in [2.05, 4.69) is 15.4 Å². The fourth-order valence-corrected chi connectivity index (χ4v) is 1.45. The number of carbonyl (C=O) groups is 3. The first-order valence-corrected chi connectivity index (χ1v) is 6.38. The fourth-order valence-electron chi connectivity index (χ4n) is 1.45. The molecule has 0 unspecified atom stereocenters. The van der Waals surface area contributed by atoms with Gasteiger partial charge in [-0.05, 0) is 26.0 Å². The van der Waals surface area contributed by atoms with Gasteiger partial charge in [-0.1, -0.05) is 12.1 Å². The number of ether oxygens (including phenoxy) is 1. The highest BCUT2D eigenvalue weighted by Gasteiger charge is 2.13. The van der Waals surface area contributed by atoms with E-state index >= 15 is 0 Å². The smallest absolute Gasteiger partial charge is 0.325 e. The van der Waals surface area contributed by atoms with Crippen LogP contribution in [0.1, 0.15) is 24.2 Å². The Balaban J connectivity index is 2.35. The van der Waals surface area contributed by atoms with Crippen molar-refractivity contribution in [3.63, 3.8) is 0 Å². The molecule has 2 N–H and O–H groups in total. The molecule has 2 amide bonds. The zero-order chi connectivity index (χ0) is 15.8. The first-order valence-electron chi connectivity index (χ1n) is 6.38. The second kappa shape index (κ2) is 7.98. The summed E-state index contributed by atoms with van der Waals surface area (Å²) in [6.45, 7) is 2.68. The number of nitrogens with one attached hydrogen (secondary N) is 2. The van der Waals surface area contributed by atoms with Crippen LogP contribution in [-0.4, -0.2) is 37.0 Å². The van der Waals surface area contributed by atoms with E-state index in [4.69, 9.17) is 0 Å². The lowest BCUT2D eigenvalue weighted by molar-refractivity contribution is -0.147. The number of esters is 1. The van der Waals surface area contributed by atoms with Crippen molar-refractivity contribution in [1.29, 1.82) is 0 Å². The average molecular weight is 296 g/mol. The summed E-state index contributed by atoms with van der Waals surface area (Å²) in [5.74, 6) is -2.62. The van der Waals surface area contributed by atoms with Crippen LogP contribution in [0, 0.1) is 5.82 Å². The van der Waals surface area contributed by atoms with Gasteiger partial charge in [-0.15, -0.1) is 0 Å². The van der Waals surface area contributed by atoms with Crippen LogP contribution in [-0.2, 0) is 14.3 Å². The third-order valence-electron chi connectivity index (χ3n) is 2.33. The van der Waals surface area contributed by atoms with E-state index in [1.165, 1.54) is 18.2 Å². The minimum atomic E-state index is -0.779. The van der Waals surface area contributed by atoms with Gasteiger partial charge < -0.3 is 15.4 Å². The summed E-state index contributed by atoms with van der Waals surface area (Å²) in [5, 5.41) is 4.76. The number of halogens is 1. The largest absolute Gasteiger partial charge is 0.454 e. The Morgan fingerprint density at radius 1 is 1.24 bits per heavy atom. The topological polar surface area (TPSA) is 84.5 Å². The standard InChI is InChI=1S/C14H17FN2O4/c1-9(2)17-12(18)8-21-13(19)7-16-14(20)10-5-3-4-6-11(10)15/h3-6,9H,7-8H2,1-2H3,(H,16,20)(H,17,18). The summed E-state index contributed by atoms with van der Waals surface area (Å²) < 4.78 is 18.0. The van der Waals surface area contributed by atoms with Gasteiger partial charge in [0.2, 0.25) is 0 Å². The first kappa shape index (κ1) is 16.6. The van der Waals surface area contributed by atoms with Crippen molar-refractivity contribution >= 4 is 17.8 Å². The molecule has 0 heterocycles. The molecule has 6 nitrogen and oxygen atoms in total. The van der Waals surface area contributed by atoms with Gasteiger partial charge >= 0.3 is 5.97 Å². The van der Waals surface area contributed by atoms with E-state index in [-0.39, 0.29) is 11.6 Å². The summed E-state index contributed by atoms with van der Waals surface area (Å²) in [6, 6.07) is 5.34. The maximum Gasteiger partial charge on any atom is 0.325 e. The summed E-state index contributed by atoms with van der Waals surface area (Å²) >= 11 is 0. The fraction of sp³-hybridized carbons (Fsp3) is 0.357. The Morgan fingerprint density at radius 3 is 2.52 bits per heavy atom. The molecule has 0 saturated carbocycles. The zero-order valence-electron chi connectivity index (χ0n) is 11.8. The highest BCUT2D eigenvalue weighted by Crippen LogP contribution is 2.05. The molecular formula is C14H17FN2O4. The highest BCUT2D eigenvalue weighted by atomic mass is 19.1. The van der Waals surface area contributed by atoms with Crippen LogP contribution < -0.4 is 10.6 Å². The third kappa shape index (κ3) is 6.03. The van der Waals surface area contributed by atoms with E-state index < -0.39 is 36.8 Å². The zero-order valence-corrected chi connectivity index (χ0v) is 11.8. The summed E-state index contributed by atoms with van der Waals surface area (Å²) in [5.41, 5.74) is -0.164. The van der Waals surface area contributed by atoms with E-state index in [0.717, 1.165) is 6.07 Å². The highest BCUT2D eigenvalue weighted by molar-refractivity contribution is 5.96. The number of hydrogen-bond acceptors (Lipinski definition) is 4. The SMILES string of the molecule is CC(C)NC(=O)COC(=O)CNC(=O)c1ccccc1F. The molecular weight excluding hydrogens is 279 g/mol. The molecule has 0 aromatic heterocycles. The van der Waals surface area contributed by atoms with Crippen LogP contribution in [0.2, 0.25) is 0 Å². The van der Waals surface area contributed by atoms with Gasteiger partial charge in [-0.25, -0.2) is 4.39 Å². The number of hydrogen-bond donors (Lipinski definition) is 2. The van der Waals surface area contributed by atoms with Gasteiger partial charge in [0.25, 0.3) is 11.8 Å². The molecule has 0 aliphatic heterocycles. The molecule has 0 spiro atoms. The molecule has 1 rings (SSSR count). The van der Waals surface area contributed by atoms with Crippen LogP contribution in [0.3, 0.4) is 0 Å². The Kier molecular flexibility index (Phi) is 6.32. The van der Waals surface area contributed by atoms with Gasteiger partial charge in [-0.2, -0.15) is 0 Å². The van der Waals surface area contributed by atoms with Crippen LogP contribution in [0.25, 0.3) is 0 Å². The number of amides is 2. The van der Waals surface area contributed by atoms with Crippen molar-refractivity contribution in [2.75, 3.05) is 13.2 Å². The van der Waals surface area contributed by atoms with Crippen molar-refractivity contribution in [3.8, 4) is 0 Å². The van der Waals surface area contributed by atoms with Gasteiger partial charge in [0.05, 0.1) is 5.56 Å². The molecule has 0 atom stereocenters. The van der Waals surface area contributed by atoms with Crippen molar-refractivity contribution in [2.45, 2.75) is 19.9 Å². The lowest BCUT2D eigenvalue weighted by Crippen LogP contribution is -2.36. The quantitative estimate of drug-likeness (QED) is 0.754. The summed E-state index contributed by atoms with van der Waals surface area (Å²) in [7, 11) is 0. The van der Waals surface area contributed by atoms with Gasteiger partial charge in [0.1, 0.15) is 12.4 Å². The predicted octanol–water partition coefficient (Wildman–Crippen LogP) is 0.623.